The summed E-state index contributed by atoms with van der Waals surface area (Å²) in [4.78, 5) is 7.74. The zero-order valence-electron chi connectivity index (χ0n) is 19.7. The Bertz CT molecular complexity index is 618. The second kappa shape index (κ2) is 9.30. The number of aromatic nitrogens is 2. The fraction of sp³-hybridized carbons (Fsp3) is 0.833. The van der Waals surface area contributed by atoms with Gasteiger partial charge in [0.1, 0.15) is 0 Å². The molecule has 1 aromatic rings. The van der Waals surface area contributed by atoms with Crippen molar-refractivity contribution >= 4 is 5.82 Å². The van der Waals surface area contributed by atoms with E-state index < -0.39 is 0 Å². The molecular formula is C24H43N5. The molecular weight excluding hydrogens is 358 g/mol. The minimum atomic E-state index is 0.115. The fourth-order valence-corrected chi connectivity index (χ4v) is 4.92. The summed E-state index contributed by atoms with van der Waals surface area (Å²) in [6.07, 6.45) is 4.86. The third-order valence-corrected chi connectivity index (χ3v) is 6.99. The molecule has 2 saturated heterocycles. The lowest BCUT2D eigenvalue weighted by Gasteiger charge is -2.43. The predicted octanol–water partition coefficient (Wildman–Crippen LogP) is 4.19. The molecule has 5 nitrogen and oxygen atoms in total. The maximum Gasteiger partial charge on any atom is 0.151 e. The van der Waals surface area contributed by atoms with Crippen molar-refractivity contribution in [1.29, 1.82) is 0 Å². The molecule has 0 radical (unpaired) electrons. The van der Waals surface area contributed by atoms with Crippen LogP contribution in [-0.2, 0) is 5.41 Å². The van der Waals surface area contributed by atoms with Crippen LogP contribution in [0.15, 0.2) is 12.1 Å². The van der Waals surface area contributed by atoms with Gasteiger partial charge in [-0.15, -0.1) is 5.10 Å². The first-order valence-electron chi connectivity index (χ1n) is 11.8. The Labute approximate surface area is 178 Å². The number of piperazine rings is 1. The van der Waals surface area contributed by atoms with Crippen LogP contribution < -0.4 is 4.90 Å². The van der Waals surface area contributed by atoms with E-state index in [0.29, 0.717) is 5.54 Å². The average molecular weight is 402 g/mol. The predicted molar refractivity (Wildman–Crippen MR) is 123 cm³/mol. The van der Waals surface area contributed by atoms with E-state index in [0.717, 1.165) is 36.9 Å². The van der Waals surface area contributed by atoms with E-state index in [-0.39, 0.29) is 5.41 Å². The third-order valence-electron chi connectivity index (χ3n) is 6.99. The molecule has 164 valence electrons. The van der Waals surface area contributed by atoms with Crippen molar-refractivity contribution in [2.75, 3.05) is 50.7 Å². The summed E-state index contributed by atoms with van der Waals surface area (Å²) in [5.41, 5.74) is 1.54. The van der Waals surface area contributed by atoms with E-state index in [1.165, 1.54) is 52.0 Å². The first kappa shape index (κ1) is 22.5. The Morgan fingerprint density at radius 2 is 1.55 bits per heavy atom. The van der Waals surface area contributed by atoms with Gasteiger partial charge in [-0.2, -0.15) is 5.10 Å². The molecule has 2 fully saturated rings. The molecule has 29 heavy (non-hydrogen) atoms. The summed E-state index contributed by atoms with van der Waals surface area (Å²) >= 11 is 0. The summed E-state index contributed by atoms with van der Waals surface area (Å²) < 4.78 is 0. The molecule has 3 heterocycles. The lowest BCUT2D eigenvalue weighted by molar-refractivity contribution is 0.0533. The van der Waals surface area contributed by atoms with E-state index >= 15 is 0 Å². The number of anilines is 1. The zero-order chi connectivity index (χ0) is 21.1. The van der Waals surface area contributed by atoms with E-state index in [1.807, 2.05) is 0 Å². The highest BCUT2D eigenvalue weighted by Crippen LogP contribution is 2.28. The van der Waals surface area contributed by atoms with Crippen molar-refractivity contribution in [2.24, 2.45) is 5.92 Å². The Hall–Kier alpha value is -1.20. The Kier molecular flexibility index (Phi) is 7.21. The molecule has 0 atom stereocenters. The van der Waals surface area contributed by atoms with Gasteiger partial charge >= 0.3 is 0 Å². The lowest BCUT2D eigenvalue weighted by Crippen LogP contribution is -2.54. The molecule has 0 amide bonds. The SMILES string of the molecule is CCCC(C)(C)c1ccc(N2CCC(CN3CCN(C(C)(C)C)CC3)CC2)nn1. The summed E-state index contributed by atoms with van der Waals surface area (Å²) in [7, 11) is 0. The maximum atomic E-state index is 4.58. The van der Waals surface area contributed by atoms with Gasteiger partial charge in [0.05, 0.1) is 5.69 Å². The topological polar surface area (TPSA) is 35.5 Å². The minimum absolute atomic E-state index is 0.115. The first-order chi connectivity index (χ1) is 13.7. The molecule has 0 aliphatic carbocycles. The molecule has 0 bridgehead atoms. The number of rotatable bonds is 6. The number of hydrogen-bond acceptors (Lipinski definition) is 5. The Balaban J connectivity index is 1.45. The number of nitrogens with zero attached hydrogens (tertiary/aromatic N) is 5. The van der Waals surface area contributed by atoms with Crippen LogP contribution in [0, 0.1) is 5.92 Å². The van der Waals surface area contributed by atoms with Gasteiger partial charge in [-0.25, -0.2) is 0 Å². The molecule has 0 aromatic carbocycles. The van der Waals surface area contributed by atoms with Gasteiger partial charge in [-0.05, 0) is 58.1 Å². The van der Waals surface area contributed by atoms with Crippen LogP contribution in [0.2, 0.25) is 0 Å². The van der Waals surface area contributed by atoms with E-state index in [9.17, 15) is 0 Å². The molecule has 0 unspecified atom stereocenters. The standard InChI is InChI=1S/C24H43N5/c1-7-12-24(5,6)21-8-9-22(26-25-21)28-13-10-20(11-14-28)19-27-15-17-29(18-16-27)23(2,3)4/h8-9,20H,7,10-19H2,1-6H3. The highest BCUT2D eigenvalue weighted by Gasteiger charge is 2.28. The van der Waals surface area contributed by atoms with E-state index in [4.69, 9.17) is 0 Å². The maximum absolute atomic E-state index is 4.58. The van der Waals surface area contributed by atoms with Crippen LogP contribution in [-0.4, -0.2) is 71.3 Å². The van der Waals surface area contributed by atoms with E-state index in [2.05, 4.69) is 78.6 Å². The van der Waals surface area contributed by atoms with Crippen molar-refractivity contribution in [3.05, 3.63) is 17.8 Å². The number of piperidine rings is 1. The fourth-order valence-electron chi connectivity index (χ4n) is 4.92. The quantitative estimate of drug-likeness (QED) is 0.714. The van der Waals surface area contributed by atoms with Crippen LogP contribution in [0.5, 0.6) is 0 Å². The highest BCUT2D eigenvalue weighted by molar-refractivity contribution is 5.38. The molecule has 0 spiro atoms. The molecule has 1 aromatic heterocycles. The van der Waals surface area contributed by atoms with Crippen molar-refractivity contribution < 1.29 is 0 Å². The number of hydrogen-bond donors (Lipinski definition) is 0. The minimum Gasteiger partial charge on any atom is -0.355 e. The van der Waals surface area contributed by atoms with Gasteiger partial charge in [0.25, 0.3) is 0 Å². The van der Waals surface area contributed by atoms with Gasteiger partial charge in [0.2, 0.25) is 0 Å². The monoisotopic (exact) mass is 401 g/mol. The van der Waals surface area contributed by atoms with Gasteiger partial charge in [0, 0.05) is 56.8 Å². The van der Waals surface area contributed by atoms with Crippen LogP contribution in [0.1, 0.15) is 72.9 Å². The smallest absolute Gasteiger partial charge is 0.151 e. The lowest BCUT2D eigenvalue weighted by atomic mass is 9.84. The van der Waals surface area contributed by atoms with Gasteiger partial charge in [-0.1, -0.05) is 27.2 Å². The summed E-state index contributed by atoms with van der Waals surface area (Å²) in [6, 6.07) is 4.38. The Morgan fingerprint density at radius 3 is 2.07 bits per heavy atom. The van der Waals surface area contributed by atoms with Crippen molar-refractivity contribution in [3.8, 4) is 0 Å². The van der Waals surface area contributed by atoms with Crippen LogP contribution in [0.3, 0.4) is 0 Å². The van der Waals surface area contributed by atoms with Crippen LogP contribution in [0.4, 0.5) is 5.82 Å². The summed E-state index contributed by atoms with van der Waals surface area (Å²) in [5, 5.41) is 9.16. The Morgan fingerprint density at radius 1 is 0.897 bits per heavy atom. The normalized spacial score (nSPS) is 21.0. The molecule has 2 aliphatic rings. The van der Waals surface area contributed by atoms with Gasteiger partial charge in [0.15, 0.2) is 5.82 Å². The average Bonchev–Trinajstić information content (AvgIpc) is 2.68. The molecule has 5 heteroatoms. The van der Waals surface area contributed by atoms with Crippen LogP contribution >= 0.6 is 0 Å². The zero-order valence-corrected chi connectivity index (χ0v) is 19.7. The van der Waals surface area contributed by atoms with Gasteiger partial charge < -0.3 is 9.80 Å². The molecule has 2 aliphatic heterocycles. The summed E-state index contributed by atoms with van der Waals surface area (Å²) in [5.74, 6) is 1.88. The van der Waals surface area contributed by atoms with Crippen molar-refractivity contribution in [2.45, 2.75) is 78.2 Å². The van der Waals surface area contributed by atoms with Crippen LogP contribution in [0.25, 0.3) is 0 Å². The molecule has 0 saturated carbocycles. The van der Waals surface area contributed by atoms with Gasteiger partial charge in [-0.3, -0.25) is 4.90 Å². The second-order valence-corrected chi connectivity index (χ2v) is 10.8. The first-order valence-corrected chi connectivity index (χ1v) is 11.8. The van der Waals surface area contributed by atoms with Crippen molar-refractivity contribution in [3.63, 3.8) is 0 Å². The molecule has 3 rings (SSSR count). The summed E-state index contributed by atoms with van der Waals surface area (Å²) in [6.45, 7) is 22.1. The second-order valence-electron chi connectivity index (χ2n) is 10.8. The van der Waals surface area contributed by atoms with E-state index in [1.54, 1.807) is 0 Å². The molecule has 0 N–H and O–H groups in total. The van der Waals surface area contributed by atoms with Crippen molar-refractivity contribution in [1.82, 2.24) is 20.0 Å². The largest absolute Gasteiger partial charge is 0.355 e. The highest BCUT2D eigenvalue weighted by atomic mass is 15.3. The third kappa shape index (κ3) is 5.91.